The van der Waals surface area contributed by atoms with Crippen LogP contribution in [-0.4, -0.2) is 11.0 Å². The Hall–Kier alpha value is -1.03. The summed E-state index contributed by atoms with van der Waals surface area (Å²) < 4.78 is 1.05. The summed E-state index contributed by atoms with van der Waals surface area (Å²) in [5.41, 5.74) is 6.76. The summed E-state index contributed by atoms with van der Waals surface area (Å²) >= 11 is 3.41. The van der Waals surface area contributed by atoms with Gasteiger partial charge in [-0.3, -0.25) is 0 Å². The Morgan fingerprint density at radius 2 is 1.81 bits per heavy atom. The molecule has 1 aromatic carbocycles. The van der Waals surface area contributed by atoms with Crippen molar-refractivity contribution >= 4 is 21.8 Å². The molecule has 0 amide bonds. The highest BCUT2D eigenvalue weighted by Gasteiger charge is 2.39. The van der Waals surface area contributed by atoms with E-state index in [0.29, 0.717) is 5.84 Å². The summed E-state index contributed by atoms with van der Waals surface area (Å²) in [6, 6.07) is 8.10. The second kappa shape index (κ2) is 4.45. The maximum atomic E-state index is 8.93. The highest BCUT2D eigenvalue weighted by molar-refractivity contribution is 9.10. The fraction of sp³-hybridized carbons (Fsp3) is 0.417. The van der Waals surface area contributed by atoms with Gasteiger partial charge in [0.1, 0.15) is 5.84 Å². The molecule has 16 heavy (non-hydrogen) atoms. The summed E-state index contributed by atoms with van der Waals surface area (Å²) in [5, 5.41) is 12.2. The lowest BCUT2D eigenvalue weighted by Crippen LogP contribution is -2.39. The van der Waals surface area contributed by atoms with Crippen molar-refractivity contribution in [2.45, 2.75) is 31.1 Å². The molecule has 1 aliphatic rings. The van der Waals surface area contributed by atoms with Crippen LogP contribution in [-0.2, 0) is 5.41 Å². The Balaban J connectivity index is 2.43. The molecule has 1 saturated carbocycles. The predicted octanol–water partition coefficient (Wildman–Crippen LogP) is 3.01. The largest absolute Gasteiger partial charge is 0.409 e. The molecule has 1 aliphatic carbocycles. The first-order valence-electron chi connectivity index (χ1n) is 5.43. The number of nitrogens with zero attached hydrogens (tertiary/aromatic N) is 1. The Bertz CT molecular complexity index is 394. The monoisotopic (exact) mass is 282 g/mol. The molecule has 0 spiro atoms. The minimum Gasteiger partial charge on any atom is -0.409 e. The molecule has 86 valence electrons. The Morgan fingerprint density at radius 1 is 1.25 bits per heavy atom. The molecule has 4 heteroatoms. The average molecular weight is 283 g/mol. The van der Waals surface area contributed by atoms with E-state index in [1.807, 2.05) is 24.3 Å². The smallest absolute Gasteiger partial charge is 0.149 e. The van der Waals surface area contributed by atoms with E-state index in [9.17, 15) is 0 Å². The van der Waals surface area contributed by atoms with Crippen LogP contribution in [0.3, 0.4) is 0 Å². The molecule has 3 N–H and O–H groups in total. The van der Waals surface area contributed by atoms with Gasteiger partial charge in [0, 0.05) is 4.47 Å². The van der Waals surface area contributed by atoms with Gasteiger partial charge in [0.25, 0.3) is 0 Å². The van der Waals surface area contributed by atoms with Gasteiger partial charge < -0.3 is 10.9 Å². The molecule has 0 radical (unpaired) electrons. The highest BCUT2D eigenvalue weighted by atomic mass is 79.9. The van der Waals surface area contributed by atoms with Gasteiger partial charge in [-0.2, -0.15) is 0 Å². The summed E-state index contributed by atoms with van der Waals surface area (Å²) in [5.74, 6) is 0.340. The van der Waals surface area contributed by atoms with E-state index in [1.54, 1.807) is 0 Å². The van der Waals surface area contributed by atoms with Crippen LogP contribution in [0, 0.1) is 0 Å². The van der Waals surface area contributed by atoms with Crippen molar-refractivity contribution in [3.63, 3.8) is 0 Å². The van der Waals surface area contributed by atoms with Crippen LogP contribution in [0.4, 0.5) is 0 Å². The third-order valence-electron chi connectivity index (χ3n) is 3.45. The Labute approximate surface area is 103 Å². The lowest BCUT2D eigenvalue weighted by molar-refractivity contribution is 0.311. The number of amidine groups is 1. The molecular weight excluding hydrogens is 268 g/mol. The van der Waals surface area contributed by atoms with Crippen molar-refractivity contribution < 1.29 is 5.21 Å². The van der Waals surface area contributed by atoms with Crippen molar-refractivity contribution in [1.82, 2.24) is 0 Å². The quantitative estimate of drug-likeness (QED) is 0.379. The second-order valence-electron chi connectivity index (χ2n) is 4.28. The van der Waals surface area contributed by atoms with E-state index < -0.39 is 0 Å². The first-order chi connectivity index (χ1) is 7.69. The molecule has 0 aromatic heterocycles. The molecule has 2 rings (SSSR count). The SMILES string of the molecule is N/C(=N\O)C1(c2ccc(Br)cc2)CCCC1. The topological polar surface area (TPSA) is 58.6 Å². The molecule has 0 saturated heterocycles. The van der Waals surface area contributed by atoms with Gasteiger partial charge in [-0.05, 0) is 30.5 Å². The Morgan fingerprint density at radius 3 is 2.31 bits per heavy atom. The fourth-order valence-corrected chi connectivity index (χ4v) is 2.80. The maximum Gasteiger partial charge on any atom is 0.149 e. The Kier molecular flexibility index (Phi) is 3.19. The van der Waals surface area contributed by atoms with E-state index >= 15 is 0 Å². The van der Waals surface area contributed by atoms with Crippen LogP contribution in [0.15, 0.2) is 33.9 Å². The van der Waals surface area contributed by atoms with Crippen LogP contribution in [0.2, 0.25) is 0 Å². The molecule has 1 fully saturated rings. The number of halogens is 1. The molecule has 0 aliphatic heterocycles. The van der Waals surface area contributed by atoms with Crippen molar-refractivity contribution in [2.75, 3.05) is 0 Å². The minimum absolute atomic E-state index is 0.255. The van der Waals surface area contributed by atoms with E-state index in [4.69, 9.17) is 10.9 Å². The summed E-state index contributed by atoms with van der Waals surface area (Å²) in [6.45, 7) is 0. The zero-order valence-electron chi connectivity index (χ0n) is 8.99. The summed E-state index contributed by atoms with van der Waals surface area (Å²) in [7, 11) is 0. The van der Waals surface area contributed by atoms with Gasteiger partial charge in [0.05, 0.1) is 5.41 Å². The molecule has 1 aromatic rings. The molecule has 0 unspecified atom stereocenters. The number of rotatable bonds is 2. The van der Waals surface area contributed by atoms with Crippen LogP contribution in [0.25, 0.3) is 0 Å². The van der Waals surface area contributed by atoms with Gasteiger partial charge in [-0.15, -0.1) is 0 Å². The zero-order valence-corrected chi connectivity index (χ0v) is 10.6. The molecule has 0 heterocycles. The van der Waals surface area contributed by atoms with Gasteiger partial charge >= 0.3 is 0 Å². The summed E-state index contributed by atoms with van der Waals surface area (Å²) in [4.78, 5) is 0. The van der Waals surface area contributed by atoms with E-state index in [2.05, 4.69) is 21.1 Å². The molecule has 0 atom stereocenters. The number of hydrogen-bond donors (Lipinski definition) is 2. The molecule has 0 bridgehead atoms. The highest BCUT2D eigenvalue weighted by Crippen LogP contribution is 2.41. The number of benzene rings is 1. The van der Waals surface area contributed by atoms with E-state index in [-0.39, 0.29) is 5.41 Å². The van der Waals surface area contributed by atoms with Gasteiger partial charge in [-0.25, -0.2) is 0 Å². The first kappa shape index (κ1) is 11.5. The first-order valence-corrected chi connectivity index (χ1v) is 6.22. The van der Waals surface area contributed by atoms with Gasteiger partial charge in [0.15, 0.2) is 0 Å². The minimum atomic E-state index is -0.255. The van der Waals surface area contributed by atoms with E-state index in [1.165, 1.54) is 0 Å². The van der Waals surface area contributed by atoms with Crippen molar-refractivity contribution in [2.24, 2.45) is 10.9 Å². The number of oxime groups is 1. The number of nitrogens with two attached hydrogens (primary N) is 1. The number of hydrogen-bond acceptors (Lipinski definition) is 2. The molecule has 3 nitrogen and oxygen atoms in total. The lowest BCUT2D eigenvalue weighted by Gasteiger charge is -2.28. The van der Waals surface area contributed by atoms with Crippen LogP contribution in [0.1, 0.15) is 31.2 Å². The van der Waals surface area contributed by atoms with Crippen molar-refractivity contribution in [1.29, 1.82) is 0 Å². The predicted molar refractivity (Wildman–Crippen MR) is 67.7 cm³/mol. The third-order valence-corrected chi connectivity index (χ3v) is 3.98. The average Bonchev–Trinajstić information content (AvgIpc) is 2.79. The van der Waals surface area contributed by atoms with Crippen molar-refractivity contribution in [3.05, 3.63) is 34.3 Å². The van der Waals surface area contributed by atoms with Crippen LogP contribution in [0.5, 0.6) is 0 Å². The zero-order chi connectivity index (χ0) is 11.6. The normalized spacial score (nSPS) is 19.9. The van der Waals surface area contributed by atoms with E-state index in [0.717, 1.165) is 35.7 Å². The van der Waals surface area contributed by atoms with Crippen LogP contribution < -0.4 is 5.73 Å². The fourth-order valence-electron chi connectivity index (χ4n) is 2.54. The third kappa shape index (κ3) is 1.82. The molecular formula is C12H15BrN2O. The van der Waals surface area contributed by atoms with Crippen LogP contribution >= 0.6 is 15.9 Å². The maximum absolute atomic E-state index is 8.93. The van der Waals surface area contributed by atoms with Gasteiger partial charge in [-0.1, -0.05) is 46.1 Å². The lowest BCUT2D eigenvalue weighted by atomic mass is 9.78. The van der Waals surface area contributed by atoms with Crippen molar-refractivity contribution in [3.8, 4) is 0 Å². The van der Waals surface area contributed by atoms with Gasteiger partial charge in [0.2, 0.25) is 0 Å². The standard InChI is InChI=1S/C12H15BrN2O/c13-10-5-3-9(4-6-10)12(11(14)15-16)7-1-2-8-12/h3-6,16H,1-2,7-8H2,(H2,14,15). The second-order valence-corrected chi connectivity index (χ2v) is 5.20. The summed E-state index contributed by atoms with van der Waals surface area (Å²) in [6.07, 6.45) is 4.19.